The molecule has 0 aliphatic heterocycles. The molecule has 3 aliphatic carbocycles. The van der Waals surface area contributed by atoms with Crippen molar-refractivity contribution in [3.63, 3.8) is 0 Å². The number of esters is 1. The van der Waals surface area contributed by atoms with Crippen molar-refractivity contribution in [1.29, 1.82) is 0 Å². The number of carbonyl (C=O) groups is 1. The van der Waals surface area contributed by atoms with E-state index >= 15 is 4.39 Å². The number of halogens is 6. The van der Waals surface area contributed by atoms with E-state index in [0.717, 1.165) is 37.5 Å². The predicted octanol–water partition coefficient (Wildman–Crippen LogP) is 9.73. The molecule has 230 valence electrons. The Labute approximate surface area is 243 Å². The molecule has 0 aromatic heterocycles. The molecule has 5 rings (SSSR count). The smallest absolute Gasteiger partial charge is 0.400 e. The molecule has 2 aromatic rings. The van der Waals surface area contributed by atoms with Gasteiger partial charge in [0.1, 0.15) is 17.3 Å². The minimum absolute atomic E-state index is 0.0113. The molecule has 42 heavy (non-hydrogen) atoms. The van der Waals surface area contributed by atoms with Crippen LogP contribution in [0, 0.1) is 52.9 Å². The summed E-state index contributed by atoms with van der Waals surface area (Å²) in [5.74, 6) is -6.07. The molecular formula is C33H38F6O3. The minimum Gasteiger partial charge on any atom is -0.432 e. The summed E-state index contributed by atoms with van der Waals surface area (Å²) in [5, 5.41) is 0. The fourth-order valence-electron chi connectivity index (χ4n) is 7.26. The number of hydrogen-bond acceptors (Lipinski definition) is 3. The lowest BCUT2D eigenvalue weighted by atomic mass is 9.69. The van der Waals surface area contributed by atoms with Gasteiger partial charge in [0.05, 0.1) is 11.8 Å². The molecule has 9 heteroatoms. The number of rotatable bonds is 7. The van der Waals surface area contributed by atoms with E-state index in [2.05, 4.69) is 11.7 Å². The quantitative estimate of drug-likeness (QED) is 0.138. The van der Waals surface area contributed by atoms with Crippen LogP contribution in [0.3, 0.4) is 0 Å². The van der Waals surface area contributed by atoms with Gasteiger partial charge in [-0.05, 0) is 99.5 Å². The molecule has 0 amide bonds. The zero-order chi connectivity index (χ0) is 30.0. The summed E-state index contributed by atoms with van der Waals surface area (Å²) in [7, 11) is 0. The number of alkyl halides is 2. The van der Waals surface area contributed by atoms with Crippen molar-refractivity contribution < 1.29 is 40.6 Å². The van der Waals surface area contributed by atoms with Gasteiger partial charge in [0, 0.05) is 18.2 Å². The van der Waals surface area contributed by atoms with Crippen molar-refractivity contribution in [2.24, 2.45) is 29.6 Å². The van der Waals surface area contributed by atoms with Gasteiger partial charge in [0.15, 0.2) is 17.5 Å². The van der Waals surface area contributed by atoms with E-state index in [-0.39, 0.29) is 49.2 Å². The summed E-state index contributed by atoms with van der Waals surface area (Å²) in [6.07, 6.45) is 5.50. The Bertz CT molecular complexity index is 1220. The SMILES string of the molecule is CC1CCC(C2CCC(C(=O)Oc3ccc(C4CCC(C(F)(F)Oc5cc(F)c(F)c(F)c5)CC4)c(F)c3)CC2)CC1. The molecule has 2 aromatic carbocycles. The van der Waals surface area contributed by atoms with Gasteiger partial charge in [-0.25, -0.2) is 17.6 Å². The first-order chi connectivity index (χ1) is 20.0. The zero-order valence-corrected chi connectivity index (χ0v) is 23.8. The van der Waals surface area contributed by atoms with Crippen LogP contribution in [0.5, 0.6) is 11.5 Å². The fraction of sp³-hybridized carbons (Fsp3) is 0.606. The number of benzene rings is 2. The fourth-order valence-corrected chi connectivity index (χ4v) is 7.26. The van der Waals surface area contributed by atoms with Crippen LogP contribution in [0.25, 0.3) is 0 Å². The number of ether oxygens (including phenoxy) is 2. The van der Waals surface area contributed by atoms with E-state index in [9.17, 15) is 26.7 Å². The van der Waals surface area contributed by atoms with Gasteiger partial charge >= 0.3 is 12.1 Å². The summed E-state index contributed by atoms with van der Waals surface area (Å²) in [6.45, 7) is 2.31. The van der Waals surface area contributed by atoms with Crippen LogP contribution < -0.4 is 9.47 Å². The highest BCUT2D eigenvalue weighted by Crippen LogP contribution is 2.45. The Kier molecular flexibility index (Phi) is 9.43. The van der Waals surface area contributed by atoms with Crippen molar-refractivity contribution >= 4 is 5.97 Å². The summed E-state index contributed by atoms with van der Waals surface area (Å²) in [6, 6.07) is 5.04. The molecule has 0 heterocycles. The lowest BCUT2D eigenvalue weighted by molar-refractivity contribution is -0.222. The monoisotopic (exact) mass is 596 g/mol. The van der Waals surface area contributed by atoms with Crippen LogP contribution >= 0.6 is 0 Å². The average molecular weight is 597 g/mol. The maximum atomic E-state index is 15.1. The topological polar surface area (TPSA) is 35.5 Å². The maximum absolute atomic E-state index is 15.1. The largest absolute Gasteiger partial charge is 0.432 e. The van der Waals surface area contributed by atoms with Crippen molar-refractivity contribution in [3.05, 3.63) is 59.2 Å². The molecule has 0 atom stereocenters. The average Bonchev–Trinajstić information content (AvgIpc) is 2.96. The van der Waals surface area contributed by atoms with Crippen LogP contribution in [0.1, 0.15) is 95.5 Å². The first-order valence-corrected chi connectivity index (χ1v) is 15.2. The Hall–Kier alpha value is -2.71. The Morgan fingerprint density at radius 2 is 1.26 bits per heavy atom. The normalized spacial score (nSPS) is 28.7. The van der Waals surface area contributed by atoms with Crippen molar-refractivity contribution in [1.82, 2.24) is 0 Å². The zero-order valence-electron chi connectivity index (χ0n) is 23.8. The van der Waals surface area contributed by atoms with Crippen LogP contribution in [-0.4, -0.2) is 12.1 Å². The third-order valence-corrected chi connectivity index (χ3v) is 9.88. The second-order valence-electron chi connectivity index (χ2n) is 12.6. The van der Waals surface area contributed by atoms with Gasteiger partial charge in [0.25, 0.3) is 0 Å². The van der Waals surface area contributed by atoms with Gasteiger partial charge < -0.3 is 9.47 Å². The Morgan fingerprint density at radius 3 is 1.83 bits per heavy atom. The maximum Gasteiger partial charge on any atom is 0.400 e. The summed E-state index contributed by atoms with van der Waals surface area (Å²) < 4.78 is 94.6. The van der Waals surface area contributed by atoms with Gasteiger partial charge in [0.2, 0.25) is 0 Å². The van der Waals surface area contributed by atoms with E-state index in [0.29, 0.717) is 23.6 Å². The molecule has 0 spiro atoms. The van der Waals surface area contributed by atoms with Crippen molar-refractivity contribution in [3.8, 4) is 11.5 Å². The van der Waals surface area contributed by atoms with Crippen molar-refractivity contribution in [2.45, 2.75) is 96.0 Å². The van der Waals surface area contributed by atoms with Crippen LogP contribution in [-0.2, 0) is 4.79 Å². The highest BCUT2D eigenvalue weighted by molar-refractivity contribution is 5.75. The highest BCUT2D eigenvalue weighted by Gasteiger charge is 2.44. The number of hydrogen-bond donors (Lipinski definition) is 0. The number of carbonyl (C=O) groups excluding carboxylic acids is 1. The van der Waals surface area contributed by atoms with Gasteiger partial charge in [-0.15, -0.1) is 0 Å². The molecule has 0 bridgehead atoms. The summed E-state index contributed by atoms with van der Waals surface area (Å²) in [4.78, 5) is 12.8. The van der Waals surface area contributed by atoms with Crippen molar-refractivity contribution in [2.75, 3.05) is 0 Å². The summed E-state index contributed by atoms with van der Waals surface area (Å²) >= 11 is 0. The molecular weight excluding hydrogens is 558 g/mol. The molecule has 3 aliphatic rings. The first-order valence-electron chi connectivity index (χ1n) is 15.2. The molecule has 0 unspecified atom stereocenters. The van der Waals surface area contributed by atoms with Gasteiger partial charge in [-0.3, -0.25) is 4.79 Å². The lowest BCUT2D eigenvalue weighted by Gasteiger charge is -2.36. The van der Waals surface area contributed by atoms with E-state index in [1.807, 2.05) is 0 Å². The van der Waals surface area contributed by atoms with Gasteiger partial charge in [-0.2, -0.15) is 8.78 Å². The van der Waals surface area contributed by atoms with Crippen LogP contribution in [0.4, 0.5) is 26.3 Å². The molecule has 0 N–H and O–H groups in total. The second kappa shape index (κ2) is 12.9. The van der Waals surface area contributed by atoms with E-state index in [1.165, 1.54) is 31.7 Å². The third kappa shape index (κ3) is 7.08. The minimum atomic E-state index is -3.74. The second-order valence-corrected chi connectivity index (χ2v) is 12.6. The molecule has 0 radical (unpaired) electrons. The molecule has 0 saturated heterocycles. The highest BCUT2D eigenvalue weighted by atomic mass is 19.3. The van der Waals surface area contributed by atoms with E-state index in [4.69, 9.17) is 4.74 Å². The summed E-state index contributed by atoms with van der Waals surface area (Å²) in [5.41, 5.74) is 0.363. The van der Waals surface area contributed by atoms with E-state index in [1.54, 1.807) is 12.1 Å². The van der Waals surface area contributed by atoms with Crippen LogP contribution in [0.15, 0.2) is 30.3 Å². The Morgan fingerprint density at radius 1 is 0.714 bits per heavy atom. The lowest BCUT2D eigenvalue weighted by Crippen LogP contribution is -2.37. The molecule has 3 saturated carbocycles. The predicted molar refractivity (Wildman–Crippen MR) is 145 cm³/mol. The third-order valence-electron chi connectivity index (χ3n) is 9.88. The van der Waals surface area contributed by atoms with E-state index < -0.39 is 41.0 Å². The first kappa shape index (κ1) is 30.7. The van der Waals surface area contributed by atoms with Crippen LogP contribution in [0.2, 0.25) is 0 Å². The van der Waals surface area contributed by atoms with Gasteiger partial charge in [-0.1, -0.05) is 25.8 Å². The molecule has 3 fully saturated rings. The Balaban J connectivity index is 1.11. The molecule has 3 nitrogen and oxygen atoms in total. The standard InChI is InChI=1S/C33H38F6O3/c1-19-2-4-20(5-3-19)21-6-8-23(9-7-21)32(40)41-25-14-15-27(28(34)16-25)22-10-12-24(13-11-22)33(38,39)42-26-17-29(35)31(37)30(36)18-26/h14-24H,2-13H2,1H3.